The lowest BCUT2D eigenvalue weighted by Crippen LogP contribution is -2.57. The van der Waals surface area contributed by atoms with Crippen molar-refractivity contribution in [1.29, 1.82) is 0 Å². The van der Waals surface area contributed by atoms with E-state index in [1.165, 1.54) is 19.3 Å². The summed E-state index contributed by atoms with van der Waals surface area (Å²) in [4.78, 5) is 14.4. The van der Waals surface area contributed by atoms with Gasteiger partial charge >= 0.3 is 5.97 Å². The molecule has 0 aromatic heterocycles. The molecule has 12 heteroatoms. The Kier molecular flexibility index (Phi) is 12.5. The van der Waals surface area contributed by atoms with E-state index in [4.69, 9.17) is 33.2 Å². The molecule has 0 aromatic rings. The summed E-state index contributed by atoms with van der Waals surface area (Å²) >= 11 is 0. The number of methoxy groups -OCH3 is 1. The van der Waals surface area contributed by atoms with Crippen molar-refractivity contribution in [3.8, 4) is 0 Å². The molecule has 0 radical (unpaired) electrons. The minimum atomic E-state index is -1.83. The van der Waals surface area contributed by atoms with E-state index < -0.39 is 66.2 Å². The minimum Gasteiger partial charge on any atom is -0.462 e. The molecule has 5 heterocycles. The molecule has 7 rings (SSSR count). The van der Waals surface area contributed by atoms with Gasteiger partial charge in [0.05, 0.1) is 37.1 Å². The van der Waals surface area contributed by atoms with Gasteiger partial charge in [-0.15, -0.1) is 0 Å². The zero-order chi connectivity index (χ0) is 39.1. The number of rotatable bonds is 4. The fourth-order valence-electron chi connectivity index (χ4n) is 10.4. The SMILES string of the molecule is CO[C@H]1C[C@H](O[C@@H]2/C(C)=C/C[C@@H]3C[C@@H](C[C@]4(CC[C@H](C)[C@@H](C5CCCCC5)O4)O3)OC(=O)[C@@H]3C=C(C)/C(=N/O)C4OC/C(=C\C=C\C2C)[C@]43O)O[C@@H](C)[C@@H]1O. The number of aliphatic hydroxyl groups excluding tert-OH is 1. The molecule has 5 fully saturated rings. The van der Waals surface area contributed by atoms with Crippen molar-refractivity contribution in [3.63, 3.8) is 0 Å². The lowest BCUT2D eigenvalue weighted by molar-refractivity contribution is -0.342. The predicted octanol–water partition coefficient (Wildman–Crippen LogP) is 6.07. The minimum absolute atomic E-state index is 0.0359. The largest absolute Gasteiger partial charge is 0.462 e. The predicted molar refractivity (Wildman–Crippen MR) is 203 cm³/mol. The third-order valence-corrected chi connectivity index (χ3v) is 13.6. The highest BCUT2D eigenvalue weighted by atomic mass is 16.7. The maximum Gasteiger partial charge on any atom is 0.316 e. The van der Waals surface area contributed by atoms with Crippen molar-refractivity contribution in [2.75, 3.05) is 13.7 Å². The Labute approximate surface area is 325 Å². The van der Waals surface area contributed by atoms with E-state index in [-0.39, 0.29) is 30.4 Å². The molecule has 7 aliphatic rings. The van der Waals surface area contributed by atoms with Gasteiger partial charge in [0.25, 0.3) is 0 Å². The molecule has 2 bridgehead atoms. The van der Waals surface area contributed by atoms with E-state index in [9.17, 15) is 20.2 Å². The Morgan fingerprint density at radius 2 is 1.80 bits per heavy atom. The number of aliphatic hydroxyl groups is 2. The third kappa shape index (κ3) is 8.17. The number of hydrogen-bond acceptors (Lipinski definition) is 12. The molecule has 1 spiro atoms. The molecule has 3 N–H and O–H groups in total. The first-order chi connectivity index (χ1) is 26.4. The monoisotopic (exact) mass is 769 g/mol. The summed E-state index contributed by atoms with van der Waals surface area (Å²) in [5.74, 6) is -1.83. The van der Waals surface area contributed by atoms with Crippen LogP contribution in [0.3, 0.4) is 0 Å². The highest BCUT2D eigenvalue weighted by Gasteiger charge is 2.60. The van der Waals surface area contributed by atoms with E-state index in [1.54, 1.807) is 26.2 Å². The van der Waals surface area contributed by atoms with E-state index >= 15 is 0 Å². The van der Waals surface area contributed by atoms with E-state index in [1.807, 2.05) is 19.1 Å². The van der Waals surface area contributed by atoms with Crippen LogP contribution < -0.4 is 0 Å². The molecule has 55 heavy (non-hydrogen) atoms. The van der Waals surface area contributed by atoms with Gasteiger partial charge in [0.1, 0.15) is 35.5 Å². The molecular formula is C43H63NO11. The molecule has 12 nitrogen and oxygen atoms in total. The van der Waals surface area contributed by atoms with Crippen LogP contribution in [0.4, 0.5) is 0 Å². The van der Waals surface area contributed by atoms with Gasteiger partial charge in [0.15, 0.2) is 12.1 Å². The summed E-state index contributed by atoms with van der Waals surface area (Å²) in [7, 11) is 1.59. The van der Waals surface area contributed by atoms with Crippen molar-refractivity contribution >= 4 is 11.7 Å². The van der Waals surface area contributed by atoms with Crippen molar-refractivity contribution in [2.24, 2.45) is 28.8 Å². The highest BCUT2D eigenvalue weighted by Crippen LogP contribution is 2.48. The topological polar surface area (TPSA) is 155 Å². The van der Waals surface area contributed by atoms with Crippen LogP contribution in [0.5, 0.6) is 0 Å². The summed E-state index contributed by atoms with van der Waals surface area (Å²) in [5, 5.41) is 36.7. The molecule has 1 saturated carbocycles. The second-order valence-corrected chi connectivity index (χ2v) is 17.4. The maximum absolute atomic E-state index is 14.4. The quantitative estimate of drug-likeness (QED) is 0.132. The fraction of sp³-hybridized carbons (Fsp3) is 0.767. The van der Waals surface area contributed by atoms with Crippen molar-refractivity contribution in [2.45, 2.75) is 172 Å². The average molecular weight is 770 g/mol. The van der Waals surface area contributed by atoms with Crippen molar-refractivity contribution < 1.29 is 53.4 Å². The Balaban J connectivity index is 1.25. The van der Waals surface area contributed by atoms with E-state index in [0.717, 1.165) is 24.8 Å². The standard InChI is InChI=1S/C43H63NO11/c1-24-11-10-14-30-23-50-40-36(44-48)27(4)19-33(43(30,40)47)41(46)52-32-20-31(16-15-25(2)38(24)53-35-21-34(49-6)37(45)28(5)51-35)54-42(22-32)18-17-26(3)39(55-42)29-12-8-7-9-13-29/h10-11,14-15,19,24,26,28-29,31-35,37-40,45,47-48H,7-9,12-13,16-18,20-23H2,1-6H3/b11-10+,25-15+,30-14+,44-36-/t24?,26-,28-,31+,32-,33-,34-,35-,37-,38-,39-,40?,42+,43+/m0/s1. The number of carbonyl (C=O) groups excluding carboxylic acids is 1. The van der Waals surface area contributed by atoms with Crippen LogP contribution in [0.2, 0.25) is 0 Å². The zero-order valence-electron chi connectivity index (χ0n) is 33.4. The summed E-state index contributed by atoms with van der Waals surface area (Å²) in [5.41, 5.74) is 0.362. The van der Waals surface area contributed by atoms with Crippen LogP contribution in [0, 0.1) is 23.7 Å². The van der Waals surface area contributed by atoms with Gasteiger partial charge in [0.2, 0.25) is 0 Å². The van der Waals surface area contributed by atoms with Gasteiger partial charge in [-0.25, -0.2) is 0 Å². The Morgan fingerprint density at radius 3 is 2.55 bits per heavy atom. The lowest BCUT2D eigenvalue weighted by atomic mass is 9.71. The Hall–Kier alpha value is -2.42. The third-order valence-electron chi connectivity index (χ3n) is 13.6. The fourth-order valence-corrected chi connectivity index (χ4v) is 10.4. The van der Waals surface area contributed by atoms with Crippen LogP contribution in [0.15, 0.2) is 52.3 Å². The van der Waals surface area contributed by atoms with Crippen LogP contribution in [0.25, 0.3) is 0 Å². The number of fused-ring (bicyclic) bond motifs is 2. The summed E-state index contributed by atoms with van der Waals surface area (Å²) in [6, 6.07) is 0. The summed E-state index contributed by atoms with van der Waals surface area (Å²) < 4.78 is 45.1. The number of oxime groups is 1. The van der Waals surface area contributed by atoms with Gasteiger partial charge in [-0.2, -0.15) is 0 Å². The van der Waals surface area contributed by atoms with Gasteiger partial charge in [-0.05, 0) is 75.0 Å². The molecule has 0 amide bonds. The average Bonchev–Trinajstić information content (AvgIpc) is 3.50. The summed E-state index contributed by atoms with van der Waals surface area (Å²) in [6.45, 7) is 10.0. The zero-order valence-corrected chi connectivity index (χ0v) is 33.4. The smallest absolute Gasteiger partial charge is 0.316 e. The van der Waals surface area contributed by atoms with Crippen LogP contribution in [-0.2, 0) is 38.0 Å². The van der Waals surface area contributed by atoms with Gasteiger partial charge < -0.3 is 48.6 Å². The van der Waals surface area contributed by atoms with Crippen LogP contribution in [0.1, 0.15) is 105 Å². The molecule has 2 unspecified atom stereocenters. The van der Waals surface area contributed by atoms with Gasteiger partial charge in [-0.1, -0.05) is 68.6 Å². The second kappa shape index (κ2) is 16.8. The van der Waals surface area contributed by atoms with Gasteiger partial charge in [0, 0.05) is 38.7 Å². The number of allylic oxidation sites excluding steroid dienone is 2. The highest BCUT2D eigenvalue weighted by molar-refractivity contribution is 6.06. The van der Waals surface area contributed by atoms with Crippen LogP contribution >= 0.6 is 0 Å². The first-order valence-corrected chi connectivity index (χ1v) is 20.7. The van der Waals surface area contributed by atoms with Crippen molar-refractivity contribution in [3.05, 3.63) is 47.1 Å². The number of nitrogens with zero attached hydrogens (tertiary/aromatic N) is 1. The molecule has 2 aliphatic carbocycles. The van der Waals surface area contributed by atoms with E-state index in [2.05, 4.69) is 32.0 Å². The number of esters is 1. The molecule has 0 aromatic carbocycles. The number of hydrogen-bond donors (Lipinski definition) is 3. The number of carbonyl (C=O) groups is 1. The second-order valence-electron chi connectivity index (χ2n) is 17.4. The van der Waals surface area contributed by atoms with E-state index in [0.29, 0.717) is 55.1 Å². The Bertz CT molecular complexity index is 1550. The molecular weight excluding hydrogens is 706 g/mol. The molecule has 14 atom stereocenters. The van der Waals surface area contributed by atoms with Crippen molar-refractivity contribution in [1.82, 2.24) is 0 Å². The molecule has 5 aliphatic heterocycles. The molecule has 306 valence electrons. The lowest BCUT2D eigenvalue weighted by Gasteiger charge is -2.51. The normalized spacial score (nSPS) is 47.9. The number of ether oxygens (including phenoxy) is 7. The van der Waals surface area contributed by atoms with Crippen LogP contribution in [-0.4, -0.2) is 107 Å². The molecule has 4 saturated heterocycles. The summed E-state index contributed by atoms with van der Waals surface area (Å²) in [6.07, 6.45) is 14.4. The first kappa shape index (κ1) is 40.8. The Morgan fingerprint density at radius 1 is 1.02 bits per heavy atom. The maximum atomic E-state index is 14.4. The first-order valence-electron chi connectivity index (χ1n) is 20.7. The van der Waals surface area contributed by atoms with Gasteiger partial charge in [-0.3, -0.25) is 4.79 Å².